The van der Waals surface area contributed by atoms with Gasteiger partial charge in [-0.1, -0.05) is 0 Å². The molecule has 0 saturated carbocycles. The summed E-state index contributed by atoms with van der Waals surface area (Å²) < 4.78 is 62.2. The van der Waals surface area contributed by atoms with E-state index >= 15 is 0 Å². The molecule has 0 bridgehead atoms. The van der Waals surface area contributed by atoms with Gasteiger partial charge in [0.2, 0.25) is 0 Å². The minimum Gasteiger partial charge on any atom is -0.747 e. The van der Waals surface area contributed by atoms with Gasteiger partial charge < -0.3 is 9.11 Å². The van der Waals surface area contributed by atoms with Crippen LogP contribution in [0.2, 0.25) is 0 Å². The summed E-state index contributed by atoms with van der Waals surface area (Å²) in [6.07, 6.45) is 0. The summed E-state index contributed by atoms with van der Waals surface area (Å²) >= 11 is 0. The van der Waals surface area contributed by atoms with E-state index in [4.69, 9.17) is 0 Å². The zero-order chi connectivity index (χ0) is 13.0. The van der Waals surface area contributed by atoms with Gasteiger partial charge in [0.1, 0.15) is 20.2 Å². The molecule has 0 N–H and O–H groups in total. The maximum atomic E-state index is 10.4. The van der Waals surface area contributed by atoms with Crippen molar-refractivity contribution in [1.29, 1.82) is 0 Å². The van der Waals surface area contributed by atoms with E-state index in [1.54, 1.807) is 0 Å². The molecule has 0 aliphatic heterocycles. The smallest absolute Gasteiger partial charge is 0.747 e. The fourth-order valence-corrected chi connectivity index (χ4v) is 2.35. The molecule has 0 saturated heterocycles. The van der Waals surface area contributed by atoms with Crippen LogP contribution < -0.4 is 59.1 Å². The third-order valence-electron chi connectivity index (χ3n) is 1.62. The molecule has 8 nitrogen and oxygen atoms in total. The maximum absolute atomic E-state index is 10.4. The summed E-state index contributed by atoms with van der Waals surface area (Å²) in [7, 11) is -5.83. The third-order valence-corrected chi connectivity index (χ3v) is 3.13. The Morgan fingerprint density at radius 2 is 1.00 bits per heavy atom. The van der Waals surface area contributed by atoms with Gasteiger partial charge in [-0.05, 0) is 14.1 Å². The van der Waals surface area contributed by atoms with Crippen molar-refractivity contribution in [3.05, 3.63) is 0 Å². The van der Waals surface area contributed by atoms with Gasteiger partial charge in [-0.15, -0.1) is 0 Å². The molecule has 18 heavy (non-hydrogen) atoms. The molecule has 0 heterocycles. The van der Waals surface area contributed by atoms with Crippen LogP contribution in [0.15, 0.2) is 0 Å². The Labute approximate surface area is 152 Å². The summed E-state index contributed by atoms with van der Waals surface area (Å²) in [6, 6.07) is 0. The van der Waals surface area contributed by atoms with Crippen LogP contribution >= 0.6 is 0 Å². The minimum atomic E-state index is -4.33. The van der Waals surface area contributed by atoms with Crippen molar-refractivity contribution in [1.82, 2.24) is 9.80 Å². The third kappa shape index (κ3) is 17.7. The summed E-state index contributed by atoms with van der Waals surface area (Å²) in [5.41, 5.74) is 0. The molecule has 0 radical (unpaired) electrons. The molecule has 0 fully saturated rings. The predicted octanol–water partition coefficient (Wildman–Crippen LogP) is -8.14. The van der Waals surface area contributed by atoms with Gasteiger partial charge in [0, 0.05) is 13.1 Å². The summed E-state index contributed by atoms with van der Waals surface area (Å²) in [4.78, 5) is 2.46. The summed E-state index contributed by atoms with van der Waals surface area (Å²) in [6.45, 7) is 0.348. The van der Waals surface area contributed by atoms with E-state index in [9.17, 15) is 25.9 Å². The van der Waals surface area contributed by atoms with Gasteiger partial charge in [-0.3, -0.25) is 9.80 Å². The molecule has 0 aromatic carbocycles. The average molecular weight is 320 g/mol. The number of likely N-dealkylation sites (N-methyl/N-ethyl adjacent to an activating group) is 2. The van der Waals surface area contributed by atoms with Crippen LogP contribution in [0.5, 0.6) is 0 Å². The SMILES string of the molecule is CN(CCN(C)CS(=O)(=O)[O-])CS(=O)(=O)[O-].[Na+].[Na+]. The first kappa shape index (κ1) is 24.7. The van der Waals surface area contributed by atoms with Crippen LogP contribution in [-0.4, -0.2) is 74.7 Å². The molecule has 0 atom stereocenters. The number of nitrogens with zero attached hydrogens (tertiary/aromatic N) is 2. The van der Waals surface area contributed by atoms with Crippen molar-refractivity contribution < 1.29 is 85.1 Å². The van der Waals surface area contributed by atoms with Crippen LogP contribution in [0.4, 0.5) is 0 Å². The molecular weight excluding hydrogens is 306 g/mol. The van der Waals surface area contributed by atoms with Gasteiger partial charge in [-0.25, -0.2) is 16.8 Å². The Morgan fingerprint density at radius 3 is 1.17 bits per heavy atom. The van der Waals surface area contributed by atoms with E-state index in [-0.39, 0.29) is 72.2 Å². The summed E-state index contributed by atoms with van der Waals surface area (Å²) in [5, 5.41) is 0. The molecule has 12 heteroatoms. The van der Waals surface area contributed by atoms with E-state index < -0.39 is 32.0 Å². The standard InChI is InChI=1S/C6H16N2O6S2.2Na/c1-7(5-15(9,10)11)3-4-8(2)6-16(12,13)14;;/h3-6H2,1-2H3,(H,9,10,11)(H,12,13,14);;/q;2*+1/p-2. The molecule has 0 rings (SSSR count). The Balaban J connectivity index is -0.00000112. The van der Waals surface area contributed by atoms with Crippen LogP contribution in [0, 0.1) is 0 Å². The van der Waals surface area contributed by atoms with Gasteiger partial charge in [-0.2, -0.15) is 0 Å². The second-order valence-corrected chi connectivity index (χ2v) is 6.28. The number of hydrogen-bond acceptors (Lipinski definition) is 8. The van der Waals surface area contributed by atoms with Gasteiger partial charge in [0.05, 0.1) is 11.8 Å². The Hall–Kier alpha value is 1.74. The fraction of sp³-hybridized carbons (Fsp3) is 1.00. The Kier molecular flexibility index (Phi) is 14.4. The van der Waals surface area contributed by atoms with Crippen molar-refractivity contribution in [2.75, 3.05) is 38.9 Å². The second kappa shape index (κ2) is 10.5. The van der Waals surface area contributed by atoms with E-state index in [1.807, 2.05) is 0 Å². The minimum absolute atomic E-state index is 0. The number of rotatable bonds is 7. The molecular formula is C6H14N2Na2O6S2. The van der Waals surface area contributed by atoms with Crippen molar-refractivity contribution in [2.45, 2.75) is 0 Å². The van der Waals surface area contributed by atoms with E-state index in [0.717, 1.165) is 0 Å². The van der Waals surface area contributed by atoms with E-state index in [0.29, 0.717) is 0 Å². The predicted molar refractivity (Wildman–Crippen MR) is 54.4 cm³/mol. The Bertz CT molecular complexity index is 372. The zero-order valence-corrected chi connectivity index (χ0v) is 16.6. The molecule has 0 aliphatic rings. The van der Waals surface area contributed by atoms with Gasteiger partial charge in [0.15, 0.2) is 0 Å². The molecule has 98 valence electrons. The molecule has 0 aliphatic carbocycles. The first-order chi connectivity index (χ1) is 6.99. The zero-order valence-electron chi connectivity index (χ0n) is 11.0. The largest absolute Gasteiger partial charge is 1.00 e. The molecule has 0 aromatic rings. The van der Waals surface area contributed by atoms with Crippen LogP contribution in [-0.2, 0) is 20.2 Å². The van der Waals surface area contributed by atoms with Crippen molar-refractivity contribution in [2.24, 2.45) is 0 Å². The molecule has 0 spiro atoms. The normalized spacial score (nSPS) is 12.1. The quantitative estimate of drug-likeness (QED) is 0.335. The van der Waals surface area contributed by atoms with Crippen LogP contribution in [0.1, 0.15) is 0 Å². The van der Waals surface area contributed by atoms with Crippen molar-refractivity contribution >= 4 is 20.2 Å². The van der Waals surface area contributed by atoms with E-state index in [1.165, 1.54) is 23.9 Å². The molecule has 0 unspecified atom stereocenters. The van der Waals surface area contributed by atoms with Crippen LogP contribution in [0.3, 0.4) is 0 Å². The first-order valence-corrected chi connectivity index (χ1v) is 7.39. The van der Waals surface area contributed by atoms with Crippen molar-refractivity contribution in [3.8, 4) is 0 Å². The fourth-order valence-electron chi connectivity index (χ4n) is 1.01. The van der Waals surface area contributed by atoms with Gasteiger partial charge >= 0.3 is 59.1 Å². The maximum Gasteiger partial charge on any atom is 1.00 e. The molecule has 0 amide bonds. The van der Waals surface area contributed by atoms with Gasteiger partial charge in [0.25, 0.3) is 0 Å². The first-order valence-electron chi connectivity index (χ1n) is 4.24. The summed E-state index contributed by atoms with van der Waals surface area (Å²) in [5.74, 6) is -1.30. The van der Waals surface area contributed by atoms with Crippen LogP contribution in [0.25, 0.3) is 0 Å². The topological polar surface area (TPSA) is 121 Å². The second-order valence-electron chi connectivity index (χ2n) is 3.53. The van der Waals surface area contributed by atoms with E-state index in [2.05, 4.69) is 0 Å². The monoisotopic (exact) mass is 320 g/mol. The molecule has 0 aromatic heterocycles. The van der Waals surface area contributed by atoms with Crippen molar-refractivity contribution in [3.63, 3.8) is 0 Å². The number of hydrogen-bond donors (Lipinski definition) is 0. The Morgan fingerprint density at radius 1 is 0.778 bits per heavy atom. The average Bonchev–Trinajstić information content (AvgIpc) is 1.94.